The van der Waals surface area contributed by atoms with Crippen molar-refractivity contribution < 1.29 is 20.1 Å². The van der Waals surface area contributed by atoms with E-state index in [-0.39, 0.29) is 17.4 Å². The van der Waals surface area contributed by atoms with Gasteiger partial charge in [0.15, 0.2) is 0 Å². The van der Waals surface area contributed by atoms with E-state index >= 15 is 0 Å². The van der Waals surface area contributed by atoms with Crippen LogP contribution in [0, 0.1) is 6.92 Å². The van der Waals surface area contributed by atoms with Crippen molar-refractivity contribution in [2.45, 2.75) is 18.9 Å². The summed E-state index contributed by atoms with van der Waals surface area (Å²) in [6.45, 7) is 2.17. The summed E-state index contributed by atoms with van der Waals surface area (Å²) in [6.07, 6.45) is -0.691. The smallest absolute Gasteiger partial charge is 0.129 e. The lowest BCUT2D eigenvalue weighted by Gasteiger charge is -2.32. The molecule has 1 aliphatic rings. The van der Waals surface area contributed by atoms with Crippen LogP contribution in [-0.4, -0.2) is 21.9 Å². The molecule has 3 N–H and O–H groups in total. The molecule has 4 nitrogen and oxygen atoms in total. The lowest BCUT2D eigenvalue weighted by molar-refractivity contribution is 0.0880. The number of phenolic OH excluding ortho intramolecular Hbond substituents is 2. The van der Waals surface area contributed by atoms with Crippen LogP contribution < -0.4 is 4.74 Å². The van der Waals surface area contributed by atoms with Crippen molar-refractivity contribution in [2.24, 2.45) is 0 Å². The van der Waals surface area contributed by atoms with Crippen LogP contribution in [0.1, 0.15) is 28.7 Å². The summed E-state index contributed by atoms with van der Waals surface area (Å²) >= 11 is 0. The number of aromatic hydroxyl groups is 2. The molecule has 20 heavy (non-hydrogen) atoms. The first-order valence-electron chi connectivity index (χ1n) is 6.49. The number of hydrogen-bond acceptors (Lipinski definition) is 4. The second-order valence-electron chi connectivity index (χ2n) is 5.13. The Kier molecular flexibility index (Phi) is 3.03. The number of phenols is 2. The van der Waals surface area contributed by atoms with Crippen molar-refractivity contribution in [1.82, 2.24) is 0 Å². The molecule has 0 spiro atoms. The van der Waals surface area contributed by atoms with Crippen molar-refractivity contribution in [2.75, 3.05) is 6.61 Å². The summed E-state index contributed by atoms with van der Waals surface area (Å²) < 4.78 is 5.67. The lowest BCUT2D eigenvalue weighted by atomic mass is 9.85. The van der Waals surface area contributed by atoms with Gasteiger partial charge in [0.1, 0.15) is 17.2 Å². The van der Waals surface area contributed by atoms with Crippen LogP contribution in [0.25, 0.3) is 0 Å². The van der Waals surface area contributed by atoms with Crippen LogP contribution in [0.5, 0.6) is 17.2 Å². The monoisotopic (exact) mass is 272 g/mol. The second-order valence-corrected chi connectivity index (χ2v) is 5.13. The quantitative estimate of drug-likeness (QED) is 0.746. The maximum absolute atomic E-state index is 10.6. The number of rotatable bonds is 1. The molecule has 4 heteroatoms. The molecule has 0 aliphatic carbocycles. The van der Waals surface area contributed by atoms with Crippen LogP contribution in [0.4, 0.5) is 0 Å². The third kappa shape index (κ3) is 2.08. The molecule has 0 bridgehead atoms. The number of aliphatic hydroxyl groups excluding tert-OH is 1. The number of hydrogen-bond donors (Lipinski definition) is 3. The third-order valence-corrected chi connectivity index (χ3v) is 3.75. The Labute approximate surface area is 116 Å². The summed E-state index contributed by atoms with van der Waals surface area (Å²) in [7, 11) is 0. The summed E-state index contributed by atoms with van der Waals surface area (Å²) in [5, 5.41) is 29.5. The van der Waals surface area contributed by atoms with Gasteiger partial charge < -0.3 is 20.1 Å². The van der Waals surface area contributed by atoms with Gasteiger partial charge in [0.05, 0.1) is 12.7 Å². The molecule has 0 saturated heterocycles. The Hall–Kier alpha value is -2.20. The second kappa shape index (κ2) is 4.72. The van der Waals surface area contributed by atoms with Gasteiger partial charge in [-0.25, -0.2) is 0 Å². The number of benzene rings is 2. The van der Waals surface area contributed by atoms with Crippen molar-refractivity contribution in [3.05, 3.63) is 53.1 Å². The summed E-state index contributed by atoms with van der Waals surface area (Å²) in [4.78, 5) is 0. The average molecular weight is 272 g/mol. The minimum Gasteiger partial charge on any atom is -0.508 e. The molecule has 3 rings (SSSR count). The van der Waals surface area contributed by atoms with Crippen LogP contribution in [0.2, 0.25) is 0 Å². The number of fused-ring (bicyclic) bond motifs is 1. The number of aliphatic hydroxyl groups is 1. The molecule has 0 amide bonds. The molecule has 2 aromatic carbocycles. The molecule has 1 aliphatic heterocycles. The maximum atomic E-state index is 10.6. The van der Waals surface area contributed by atoms with Crippen molar-refractivity contribution in [3.63, 3.8) is 0 Å². The molecule has 0 aromatic heterocycles. The van der Waals surface area contributed by atoms with Gasteiger partial charge in [-0.05, 0) is 36.2 Å². The average Bonchev–Trinajstić information content (AvgIpc) is 2.39. The first kappa shape index (κ1) is 12.8. The van der Waals surface area contributed by atoms with E-state index in [9.17, 15) is 15.3 Å². The van der Waals surface area contributed by atoms with E-state index in [4.69, 9.17) is 4.74 Å². The van der Waals surface area contributed by atoms with Gasteiger partial charge in [0, 0.05) is 17.5 Å². The minimum atomic E-state index is -0.691. The van der Waals surface area contributed by atoms with Crippen molar-refractivity contribution in [3.8, 4) is 17.2 Å². The lowest BCUT2D eigenvalue weighted by Crippen LogP contribution is -2.25. The largest absolute Gasteiger partial charge is 0.508 e. The van der Waals surface area contributed by atoms with Crippen LogP contribution in [0.15, 0.2) is 36.4 Å². The Morgan fingerprint density at radius 1 is 1.05 bits per heavy atom. The van der Waals surface area contributed by atoms with Crippen molar-refractivity contribution >= 4 is 0 Å². The third-order valence-electron chi connectivity index (χ3n) is 3.75. The Morgan fingerprint density at radius 2 is 1.75 bits per heavy atom. The molecule has 2 atom stereocenters. The minimum absolute atomic E-state index is 0.136. The molecule has 1 heterocycles. The van der Waals surface area contributed by atoms with E-state index in [1.165, 1.54) is 6.07 Å². The summed E-state index contributed by atoms with van der Waals surface area (Å²) in [6, 6.07) is 9.91. The van der Waals surface area contributed by atoms with E-state index in [0.29, 0.717) is 17.9 Å². The topological polar surface area (TPSA) is 69.9 Å². The zero-order chi connectivity index (χ0) is 14.3. The fourth-order valence-corrected chi connectivity index (χ4v) is 2.72. The van der Waals surface area contributed by atoms with E-state index in [0.717, 1.165) is 11.1 Å². The fourth-order valence-electron chi connectivity index (χ4n) is 2.72. The highest BCUT2D eigenvalue weighted by Gasteiger charge is 2.32. The van der Waals surface area contributed by atoms with Crippen LogP contribution >= 0.6 is 0 Å². The van der Waals surface area contributed by atoms with Gasteiger partial charge in [-0.2, -0.15) is 0 Å². The van der Waals surface area contributed by atoms with E-state index in [1.807, 2.05) is 6.92 Å². The highest BCUT2D eigenvalue weighted by atomic mass is 16.5. The Morgan fingerprint density at radius 3 is 2.45 bits per heavy atom. The molecule has 2 aromatic rings. The SMILES string of the molecule is Cc1cc(O)cc2c1C(O)C(c1ccc(O)cc1)CO2. The van der Waals surface area contributed by atoms with Gasteiger partial charge in [-0.3, -0.25) is 0 Å². The van der Waals surface area contributed by atoms with Gasteiger partial charge in [0.25, 0.3) is 0 Å². The molecular weight excluding hydrogens is 256 g/mol. The number of ether oxygens (including phenoxy) is 1. The maximum Gasteiger partial charge on any atom is 0.129 e. The first-order chi connectivity index (χ1) is 9.56. The molecular formula is C16H16O4. The zero-order valence-electron chi connectivity index (χ0n) is 11.1. The van der Waals surface area contributed by atoms with Gasteiger partial charge in [-0.1, -0.05) is 12.1 Å². The Bertz CT molecular complexity index is 634. The van der Waals surface area contributed by atoms with Crippen LogP contribution in [-0.2, 0) is 0 Å². The van der Waals surface area contributed by atoms with Gasteiger partial charge >= 0.3 is 0 Å². The van der Waals surface area contributed by atoms with Gasteiger partial charge in [0.2, 0.25) is 0 Å². The van der Waals surface area contributed by atoms with Crippen molar-refractivity contribution in [1.29, 1.82) is 0 Å². The predicted octanol–water partition coefficient (Wildman–Crippen LogP) is 2.62. The van der Waals surface area contributed by atoms with E-state index < -0.39 is 6.10 Å². The predicted molar refractivity (Wildman–Crippen MR) is 74.1 cm³/mol. The molecule has 104 valence electrons. The standard InChI is InChI=1S/C16H16O4/c1-9-6-12(18)7-14-15(9)16(19)13(8-20-14)10-2-4-11(17)5-3-10/h2-7,13,16-19H,8H2,1H3. The fraction of sp³-hybridized carbons (Fsp3) is 0.250. The normalized spacial score (nSPS) is 21.1. The summed E-state index contributed by atoms with van der Waals surface area (Å²) in [5.41, 5.74) is 2.43. The van der Waals surface area contributed by atoms with Gasteiger partial charge in [-0.15, -0.1) is 0 Å². The Balaban J connectivity index is 2.00. The molecule has 0 fully saturated rings. The summed E-state index contributed by atoms with van der Waals surface area (Å²) in [5.74, 6) is 0.675. The van der Waals surface area contributed by atoms with Crippen LogP contribution in [0.3, 0.4) is 0 Å². The zero-order valence-corrected chi connectivity index (χ0v) is 11.1. The first-order valence-corrected chi connectivity index (χ1v) is 6.49. The number of aryl methyl sites for hydroxylation is 1. The molecule has 0 radical (unpaired) electrons. The highest BCUT2D eigenvalue weighted by molar-refractivity contribution is 5.49. The molecule has 2 unspecified atom stereocenters. The van der Waals surface area contributed by atoms with E-state index in [2.05, 4.69) is 0 Å². The highest BCUT2D eigenvalue weighted by Crippen LogP contribution is 2.43. The molecule has 0 saturated carbocycles. The van der Waals surface area contributed by atoms with E-state index in [1.54, 1.807) is 30.3 Å².